The van der Waals surface area contributed by atoms with Crippen molar-refractivity contribution >= 4 is 38.2 Å². The molecule has 1 aliphatic heterocycles. The van der Waals surface area contributed by atoms with Crippen LogP contribution < -0.4 is 5.32 Å². The highest BCUT2D eigenvalue weighted by Crippen LogP contribution is 2.35. The first-order valence-corrected chi connectivity index (χ1v) is 11.3. The molecule has 3 N–H and O–H groups in total. The van der Waals surface area contributed by atoms with Gasteiger partial charge in [-0.2, -0.15) is 0 Å². The molecule has 3 heterocycles. The van der Waals surface area contributed by atoms with E-state index in [-0.39, 0.29) is 25.0 Å². The highest BCUT2D eigenvalue weighted by Gasteiger charge is 2.38. The molecule has 5 rings (SSSR count). The molecule has 33 heavy (non-hydrogen) atoms. The Bertz CT molecular complexity index is 1300. The number of hydrogen-bond acceptors (Lipinski definition) is 6. The monoisotopic (exact) mass is 459 g/mol. The fourth-order valence-electron chi connectivity index (χ4n) is 4.08. The molecule has 2 aromatic carbocycles. The van der Waals surface area contributed by atoms with E-state index in [1.807, 2.05) is 12.1 Å². The summed E-state index contributed by atoms with van der Waals surface area (Å²) in [6, 6.07) is 17.7. The molecule has 2 aromatic heterocycles. The third-order valence-electron chi connectivity index (χ3n) is 5.86. The summed E-state index contributed by atoms with van der Waals surface area (Å²) in [5.74, 6) is -1.33. The lowest BCUT2D eigenvalue weighted by molar-refractivity contribution is -0.118. The Morgan fingerprint density at radius 2 is 1.94 bits per heavy atom. The Morgan fingerprint density at radius 1 is 1.15 bits per heavy atom. The van der Waals surface area contributed by atoms with Crippen LogP contribution in [0.15, 0.2) is 73.1 Å². The van der Waals surface area contributed by atoms with Crippen molar-refractivity contribution in [3.05, 3.63) is 95.3 Å². The Morgan fingerprint density at radius 3 is 2.67 bits per heavy atom. The SMILES string of the molecule is O=C(Nc1cc2ccncc2s1)[C@H](CN1C(=O)c2ccccc2C1O)c1ccc(CO)cc1. The Labute approximate surface area is 193 Å². The number of rotatable bonds is 6. The van der Waals surface area contributed by atoms with Gasteiger partial charge in [-0.15, -0.1) is 11.3 Å². The van der Waals surface area contributed by atoms with E-state index >= 15 is 0 Å². The van der Waals surface area contributed by atoms with Gasteiger partial charge in [0.2, 0.25) is 5.91 Å². The van der Waals surface area contributed by atoms with E-state index in [0.717, 1.165) is 15.6 Å². The van der Waals surface area contributed by atoms with E-state index in [2.05, 4.69) is 10.3 Å². The summed E-state index contributed by atoms with van der Waals surface area (Å²) in [4.78, 5) is 31.8. The lowest BCUT2D eigenvalue weighted by atomic mass is 9.96. The molecule has 0 bridgehead atoms. The predicted octanol–water partition coefficient (Wildman–Crippen LogP) is 3.66. The molecule has 7 nitrogen and oxygen atoms in total. The van der Waals surface area contributed by atoms with Crippen molar-refractivity contribution in [2.24, 2.45) is 0 Å². The fourth-order valence-corrected chi connectivity index (χ4v) is 5.01. The second-order valence-electron chi connectivity index (χ2n) is 7.88. The molecule has 8 heteroatoms. The first-order chi connectivity index (χ1) is 16.0. The van der Waals surface area contributed by atoms with Crippen LogP contribution in [0.1, 0.15) is 39.2 Å². The van der Waals surface area contributed by atoms with Crippen molar-refractivity contribution in [1.82, 2.24) is 9.88 Å². The minimum Gasteiger partial charge on any atom is -0.392 e. The first kappa shape index (κ1) is 21.3. The van der Waals surface area contributed by atoms with Gasteiger partial charge < -0.3 is 20.4 Å². The number of nitrogens with one attached hydrogen (secondary N) is 1. The maximum Gasteiger partial charge on any atom is 0.256 e. The standard InChI is InChI=1S/C25H21N3O4S/c29-14-15-5-7-16(8-6-15)20(13-28-24(31)18-3-1-2-4-19(18)25(28)32)23(30)27-22-11-17-9-10-26-12-21(17)33-22/h1-12,20,24,29,31H,13-14H2,(H,27,30)/t20-,24?/m1/s1. The number of aliphatic hydroxyl groups excluding tert-OH is 2. The van der Waals surface area contributed by atoms with E-state index in [1.54, 1.807) is 60.9 Å². The molecule has 0 spiro atoms. The minimum atomic E-state index is -1.11. The van der Waals surface area contributed by atoms with Crippen molar-refractivity contribution in [2.45, 2.75) is 18.8 Å². The van der Waals surface area contributed by atoms with Gasteiger partial charge in [0.1, 0.15) is 0 Å². The topological polar surface area (TPSA) is 103 Å². The molecule has 4 aromatic rings. The van der Waals surface area contributed by atoms with Crippen LogP contribution in [0.4, 0.5) is 5.00 Å². The van der Waals surface area contributed by atoms with E-state index in [1.165, 1.54) is 16.2 Å². The second kappa shape index (κ2) is 8.74. The number of carbonyl (C=O) groups is 2. The van der Waals surface area contributed by atoms with Crippen molar-refractivity contribution in [2.75, 3.05) is 11.9 Å². The lowest BCUT2D eigenvalue weighted by Crippen LogP contribution is -2.36. The van der Waals surface area contributed by atoms with E-state index in [4.69, 9.17) is 0 Å². The van der Waals surface area contributed by atoms with Gasteiger partial charge in [0.05, 0.1) is 22.2 Å². The summed E-state index contributed by atoms with van der Waals surface area (Å²) in [6.07, 6.45) is 2.33. The summed E-state index contributed by atoms with van der Waals surface area (Å²) >= 11 is 1.42. The summed E-state index contributed by atoms with van der Waals surface area (Å²) < 4.78 is 0.956. The first-order valence-electron chi connectivity index (χ1n) is 10.5. The average Bonchev–Trinajstić information content (AvgIpc) is 3.36. The number of aromatic nitrogens is 1. The highest BCUT2D eigenvalue weighted by molar-refractivity contribution is 7.22. The number of amides is 2. The number of pyridine rings is 1. The average molecular weight is 460 g/mol. The smallest absolute Gasteiger partial charge is 0.256 e. The zero-order valence-corrected chi connectivity index (χ0v) is 18.3. The number of carbonyl (C=O) groups excluding carboxylic acids is 2. The van der Waals surface area contributed by atoms with Crippen LogP contribution in [0, 0.1) is 0 Å². The third-order valence-corrected chi connectivity index (χ3v) is 6.86. The van der Waals surface area contributed by atoms with Gasteiger partial charge in [-0.1, -0.05) is 42.5 Å². The van der Waals surface area contributed by atoms with Crippen LogP contribution in [0.2, 0.25) is 0 Å². The number of aliphatic hydroxyl groups is 2. The van der Waals surface area contributed by atoms with Crippen LogP contribution >= 0.6 is 11.3 Å². The number of thiophene rings is 1. The molecule has 2 atom stereocenters. The summed E-state index contributed by atoms with van der Waals surface area (Å²) in [5.41, 5.74) is 2.38. The molecule has 2 amide bonds. The normalized spacial score (nSPS) is 16.1. The number of nitrogens with zero attached hydrogens (tertiary/aromatic N) is 2. The summed E-state index contributed by atoms with van der Waals surface area (Å²) in [5, 5.41) is 24.8. The maximum absolute atomic E-state index is 13.4. The number of hydrogen-bond donors (Lipinski definition) is 3. The molecule has 0 saturated carbocycles. The van der Waals surface area contributed by atoms with Crippen molar-refractivity contribution in [3.63, 3.8) is 0 Å². The molecule has 0 saturated heterocycles. The molecular weight excluding hydrogens is 438 g/mol. The van der Waals surface area contributed by atoms with Crippen LogP contribution in [-0.4, -0.2) is 38.5 Å². The summed E-state index contributed by atoms with van der Waals surface area (Å²) in [6.45, 7) is -0.100. The third kappa shape index (κ3) is 4.00. The van der Waals surface area contributed by atoms with E-state index < -0.39 is 12.1 Å². The molecular formula is C25H21N3O4S. The Kier molecular flexibility index (Phi) is 5.63. The predicted molar refractivity (Wildman–Crippen MR) is 126 cm³/mol. The van der Waals surface area contributed by atoms with Gasteiger partial charge in [-0.3, -0.25) is 14.6 Å². The van der Waals surface area contributed by atoms with Crippen molar-refractivity contribution in [1.29, 1.82) is 0 Å². The largest absolute Gasteiger partial charge is 0.392 e. The van der Waals surface area contributed by atoms with E-state index in [0.29, 0.717) is 21.7 Å². The highest BCUT2D eigenvalue weighted by atomic mass is 32.1. The van der Waals surface area contributed by atoms with Crippen molar-refractivity contribution < 1.29 is 19.8 Å². The van der Waals surface area contributed by atoms with Crippen LogP contribution in [-0.2, 0) is 11.4 Å². The number of anilines is 1. The summed E-state index contributed by atoms with van der Waals surface area (Å²) in [7, 11) is 0. The van der Waals surface area contributed by atoms with Gasteiger partial charge in [0, 0.05) is 30.1 Å². The van der Waals surface area contributed by atoms with Gasteiger partial charge in [-0.25, -0.2) is 0 Å². The molecule has 0 radical (unpaired) electrons. The zero-order chi connectivity index (χ0) is 22.9. The second-order valence-corrected chi connectivity index (χ2v) is 8.97. The van der Waals surface area contributed by atoms with Crippen LogP contribution in [0.5, 0.6) is 0 Å². The fraction of sp³-hybridized carbons (Fsp3) is 0.160. The minimum absolute atomic E-state index is 0.00539. The van der Waals surface area contributed by atoms with Crippen LogP contribution in [0.25, 0.3) is 10.1 Å². The Balaban J connectivity index is 1.45. The number of fused-ring (bicyclic) bond motifs is 2. The lowest BCUT2D eigenvalue weighted by Gasteiger charge is -2.26. The number of benzene rings is 2. The molecule has 1 aliphatic rings. The molecule has 166 valence electrons. The molecule has 0 fully saturated rings. The molecule has 0 aliphatic carbocycles. The maximum atomic E-state index is 13.4. The quantitative estimate of drug-likeness (QED) is 0.408. The zero-order valence-electron chi connectivity index (χ0n) is 17.5. The van der Waals surface area contributed by atoms with Crippen molar-refractivity contribution in [3.8, 4) is 0 Å². The molecule has 1 unspecified atom stereocenters. The van der Waals surface area contributed by atoms with Gasteiger partial charge >= 0.3 is 0 Å². The Hall–Kier alpha value is -3.59. The van der Waals surface area contributed by atoms with Gasteiger partial charge in [0.25, 0.3) is 5.91 Å². The van der Waals surface area contributed by atoms with Gasteiger partial charge in [-0.05, 0) is 34.7 Å². The van der Waals surface area contributed by atoms with Crippen LogP contribution in [0.3, 0.4) is 0 Å². The van der Waals surface area contributed by atoms with Gasteiger partial charge in [0.15, 0.2) is 6.23 Å². The van der Waals surface area contributed by atoms with E-state index in [9.17, 15) is 19.8 Å².